The summed E-state index contributed by atoms with van der Waals surface area (Å²) in [5.41, 5.74) is 2.40. The van der Waals surface area contributed by atoms with E-state index in [4.69, 9.17) is 16.3 Å². The van der Waals surface area contributed by atoms with Gasteiger partial charge in [-0.15, -0.1) is 0 Å². The third-order valence-corrected chi connectivity index (χ3v) is 6.55. The smallest absolute Gasteiger partial charge is 0.338 e. The highest BCUT2D eigenvalue weighted by molar-refractivity contribution is 6.30. The van der Waals surface area contributed by atoms with Crippen molar-refractivity contribution in [2.45, 2.75) is 13.0 Å². The molecule has 1 fully saturated rings. The number of rotatable bonds is 6. The second-order valence-corrected chi connectivity index (χ2v) is 9.07. The fourth-order valence-corrected chi connectivity index (χ4v) is 4.58. The van der Waals surface area contributed by atoms with Gasteiger partial charge in [-0.25, -0.2) is 14.4 Å². The summed E-state index contributed by atoms with van der Waals surface area (Å²) in [5, 5.41) is 6.32. The molecule has 0 radical (unpaired) electrons. The zero-order valence-electron chi connectivity index (χ0n) is 20.4. The van der Waals surface area contributed by atoms with E-state index in [1.807, 2.05) is 36.4 Å². The lowest BCUT2D eigenvalue weighted by Gasteiger charge is -2.39. The standard InChI is InChI=1S/C26H30ClN5O4/c1-3-36-24(33)22-21(30(2)25(34)29-23(22)18-8-7-9-19(27)16-18)17-31-12-14-32(15-13-31)26(35)28-20-10-5-4-6-11-20/h4-11,16,23H,3,12-15,17H2,1-2H3,(H,28,35)(H,29,34)/t23-/m1/s1. The highest BCUT2D eigenvalue weighted by Crippen LogP contribution is 2.32. The molecule has 9 nitrogen and oxygen atoms in total. The molecule has 1 atom stereocenters. The maximum absolute atomic E-state index is 13.1. The summed E-state index contributed by atoms with van der Waals surface area (Å²) in [5.74, 6) is -0.481. The van der Waals surface area contributed by atoms with Gasteiger partial charge in [-0.2, -0.15) is 0 Å². The molecule has 2 aromatic rings. The molecular weight excluding hydrogens is 482 g/mol. The first kappa shape index (κ1) is 25.5. The fraction of sp³-hybridized carbons (Fsp3) is 0.346. The first-order valence-electron chi connectivity index (χ1n) is 11.9. The normalized spacial score (nSPS) is 18.6. The third-order valence-electron chi connectivity index (χ3n) is 6.31. The largest absolute Gasteiger partial charge is 0.463 e. The quantitative estimate of drug-likeness (QED) is 0.577. The predicted octanol–water partition coefficient (Wildman–Crippen LogP) is 3.70. The van der Waals surface area contributed by atoms with Crippen molar-refractivity contribution in [2.24, 2.45) is 0 Å². The van der Waals surface area contributed by atoms with E-state index in [1.54, 1.807) is 37.1 Å². The molecule has 190 valence electrons. The van der Waals surface area contributed by atoms with Gasteiger partial charge in [0.2, 0.25) is 0 Å². The summed E-state index contributed by atoms with van der Waals surface area (Å²) in [6.45, 7) is 4.56. The van der Waals surface area contributed by atoms with Crippen LogP contribution < -0.4 is 10.6 Å². The maximum atomic E-state index is 13.1. The first-order valence-corrected chi connectivity index (χ1v) is 12.3. The molecule has 2 aliphatic heterocycles. The van der Waals surface area contributed by atoms with Crippen LogP contribution in [0.2, 0.25) is 5.02 Å². The Morgan fingerprint density at radius 2 is 1.81 bits per heavy atom. The summed E-state index contributed by atoms with van der Waals surface area (Å²) in [4.78, 5) is 44.0. The number of anilines is 1. The van der Waals surface area contributed by atoms with Gasteiger partial charge < -0.3 is 20.3 Å². The van der Waals surface area contributed by atoms with Crippen LogP contribution in [0.25, 0.3) is 0 Å². The topological polar surface area (TPSA) is 94.2 Å². The van der Waals surface area contributed by atoms with Crippen molar-refractivity contribution >= 4 is 35.3 Å². The summed E-state index contributed by atoms with van der Waals surface area (Å²) < 4.78 is 5.38. The van der Waals surface area contributed by atoms with Gasteiger partial charge in [0.25, 0.3) is 0 Å². The average Bonchev–Trinajstić information content (AvgIpc) is 2.87. The summed E-state index contributed by atoms with van der Waals surface area (Å²) >= 11 is 6.20. The average molecular weight is 512 g/mol. The molecule has 10 heteroatoms. The number of carbonyl (C=O) groups excluding carboxylic acids is 3. The minimum absolute atomic E-state index is 0.150. The van der Waals surface area contributed by atoms with E-state index < -0.39 is 12.0 Å². The first-order chi connectivity index (χ1) is 17.4. The number of piperazine rings is 1. The van der Waals surface area contributed by atoms with Crippen LogP contribution in [0.3, 0.4) is 0 Å². The maximum Gasteiger partial charge on any atom is 0.338 e. The lowest BCUT2D eigenvalue weighted by Crippen LogP contribution is -2.53. The number of benzene rings is 2. The molecule has 0 spiro atoms. The second-order valence-electron chi connectivity index (χ2n) is 8.64. The van der Waals surface area contributed by atoms with Crippen molar-refractivity contribution in [1.29, 1.82) is 0 Å². The van der Waals surface area contributed by atoms with Gasteiger partial charge in [0, 0.05) is 56.2 Å². The van der Waals surface area contributed by atoms with Crippen molar-refractivity contribution in [3.8, 4) is 0 Å². The van der Waals surface area contributed by atoms with Crippen LogP contribution in [0.15, 0.2) is 65.9 Å². The van der Waals surface area contributed by atoms with Gasteiger partial charge in [-0.3, -0.25) is 9.80 Å². The van der Waals surface area contributed by atoms with Crippen LogP contribution in [0.1, 0.15) is 18.5 Å². The van der Waals surface area contributed by atoms with Crippen molar-refractivity contribution < 1.29 is 19.1 Å². The lowest BCUT2D eigenvalue weighted by atomic mass is 9.94. The number of para-hydroxylation sites is 1. The molecular formula is C26H30ClN5O4. The molecule has 4 amide bonds. The van der Waals surface area contributed by atoms with Crippen molar-refractivity contribution in [1.82, 2.24) is 20.0 Å². The van der Waals surface area contributed by atoms with E-state index in [0.717, 1.165) is 5.69 Å². The Morgan fingerprint density at radius 3 is 2.47 bits per heavy atom. The van der Waals surface area contributed by atoms with Crippen LogP contribution in [-0.4, -0.2) is 79.1 Å². The molecule has 36 heavy (non-hydrogen) atoms. The molecule has 1 saturated heterocycles. The number of esters is 1. The molecule has 4 rings (SSSR count). The predicted molar refractivity (Wildman–Crippen MR) is 138 cm³/mol. The molecule has 2 N–H and O–H groups in total. The van der Waals surface area contributed by atoms with Gasteiger partial charge in [0.05, 0.1) is 18.2 Å². The second kappa shape index (κ2) is 11.5. The number of halogens is 1. The van der Waals surface area contributed by atoms with E-state index in [-0.39, 0.29) is 18.7 Å². The van der Waals surface area contributed by atoms with Gasteiger partial charge in [0.15, 0.2) is 0 Å². The van der Waals surface area contributed by atoms with E-state index in [9.17, 15) is 14.4 Å². The summed E-state index contributed by atoms with van der Waals surface area (Å²) in [6, 6.07) is 15.3. The highest BCUT2D eigenvalue weighted by atomic mass is 35.5. The molecule has 2 heterocycles. The third kappa shape index (κ3) is 5.80. The fourth-order valence-electron chi connectivity index (χ4n) is 4.38. The summed E-state index contributed by atoms with van der Waals surface area (Å²) in [6.07, 6.45) is 0. The van der Waals surface area contributed by atoms with Crippen molar-refractivity contribution in [3.05, 3.63) is 76.5 Å². The Kier molecular flexibility index (Phi) is 8.12. The number of amides is 4. The van der Waals surface area contributed by atoms with Gasteiger partial charge in [0.1, 0.15) is 0 Å². The number of nitrogens with one attached hydrogen (secondary N) is 2. The van der Waals surface area contributed by atoms with E-state index in [1.165, 1.54) is 4.90 Å². The monoisotopic (exact) mass is 511 g/mol. The number of urea groups is 2. The van der Waals surface area contributed by atoms with E-state index >= 15 is 0 Å². The molecule has 2 aliphatic rings. The van der Waals surface area contributed by atoms with E-state index in [0.29, 0.717) is 54.6 Å². The van der Waals surface area contributed by atoms with Crippen LogP contribution in [0.5, 0.6) is 0 Å². The van der Waals surface area contributed by atoms with Crippen LogP contribution >= 0.6 is 11.6 Å². The zero-order valence-corrected chi connectivity index (χ0v) is 21.1. The Hall–Kier alpha value is -3.56. The van der Waals surface area contributed by atoms with Gasteiger partial charge in [-0.05, 0) is 36.8 Å². The lowest BCUT2D eigenvalue weighted by molar-refractivity contribution is -0.139. The van der Waals surface area contributed by atoms with Gasteiger partial charge in [-0.1, -0.05) is 41.9 Å². The Balaban J connectivity index is 1.52. The van der Waals surface area contributed by atoms with Crippen LogP contribution in [0.4, 0.5) is 15.3 Å². The highest BCUT2D eigenvalue weighted by Gasteiger charge is 2.37. The molecule has 0 aromatic heterocycles. The van der Waals surface area contributed by atoms with E-state index in [2.05, 4.69) is 15.5 Å². The number of likely N-dealkylation sites (N-methyl/N-ethyl adjacent to an activating group) is 1. The van der Waals surface area contributed by atoms with Crippen molar-refractivity contribution in [2.75, 3.05) is 51.7 Å². The minimum Gasteiger partial charge on any atom is -0.463 e. The molecule has 2 aromatic carbocycles. The SMILES string of the molecule is CCOC(=O)C1=C(CN2CCN(C(=O)Nc3ccccc3)CC2)N(C)C(=O)N[C@@H]1c1cccc(Cl)c1. The van der Waals surface area contributed by atoms with Crippen molar-refractivity contribution in [3.63, 3.8) is 0 Å². The number of ether oxygens (including phenoxy) is 1. The molecule has 0 aliphatic carbocycles. The molecule has 0 unspecified atom stereocenters. The number of nitrogens with zero attached hydrogens (tertiary/aromatic N) is 3. The Labute approximate surface area is 215 Å². The molecule has 0 saturated carbocycles. The number of hydrogen-bond acceptors (Lipinski definition) is 5. The summed E-state index contributed by atoms with van der Waals surface area (Å²) in [7, 11) is 1.64. The zero-order chi connectivity index (χ0) is 25.7. The number of carbonyl (C=O) groups is 3. The molecule has 0 bridgehead atoms. The van der Waals surface area contributed by atoms with Gasteiger partial charge >= 0.3 is 18.0 Å². The minimum atomic E-state index is -0.681. The van der Waals surface area contributed by atoms with Crippen LogP contribution in [0, 0.1) is 0 Å². The number of hydrogen-bond donors (Lipinski definition) is 2. The van der Waals surface area contributed by atoms with Crippen LogP contribution in [-0.2, 0) is 9.53 Å². The Bertz CT molecular complexity index is 1150. The Morgan fingerprint density at radius 1 is 1.08 bits per heavy atom.